The first-order valence-corrected chi connectivity index (χ1v) is 8.59. The highest BCUT2D eigenvalue weighted by atomic mass is 35.5. The fourth-order valence-corrected chi connectivity index (χ4v) is 3.96. The zero-order chi connectivity index (χ0) is 14.5. The highest BCUT2D eigenvalue weighted by molar-refractivity contribution is 7.99. The van der Waals surface area contributed by atoms with Crippen molar-refractivity contribution in [3.63, 3.8) is 0 Å². The Hall–Kier alpha value is -0.490. The van der Waals surface area contributed by atoms with Crippen molar-refractivity contribution in [1.29, 1.82) is 0 Å². The van der Waals surface area contributed by atoms with Crippen molar-refractivity contribution >= 4 is 29.2 Å². The molecule has 2 heterocycles. The SMILES string of the molecule is CCCNC(c1cc(Cl)cnc1N)C1CSCCN1C. The molecule has 0 aromatic carbocycles. The van der Waals surface area contributed by atoms with Crippen LogP contribution in [0.5, 0.6) is 0 Å². The van der Waals surface area contributed by atoms with Crippen molar-refractivity contribution in [2.24, 2.45) is 0 Å². The van der Waals surface area contributed by atoms with Crippen LogP contribution in [0.15, 0.2) is 12.3 Å². The molecule has 1 aromatic rings. The summed E-state index contributed by atoms with van der Waals surface area (Å²) in [4.78, 5) is 6.61. The molecule has 20 heavy (non-hydrogen) atoms. The summed E-state index contributed by atoms with van der Waals surface area (Å²) in [6.45, 7) is 4.24. The van der Waals surface area contributed by atoms with E-state index >= 15 is 0 Å². The van der Waals surface area contributed by atoms with Gasteiger partial charge in [0.1, 0.15) is 5.82 Å². The molecule has 2 rings (SSSR count). The Morgan fingerprint density at radius 2 is 2.45 bits per heavy atom. The third-order valence-electron chi connectivity index (χ3n) is 3.69. The van der Waals surface area contributed by atoms with Gasteiger partial charge in [-0.2, -0.15) is 11.8 Å². The highest BCUT2D eigenvalue weighted by Crippen LogP contribution is 2.30. The van der Waals surface area contributed by atoms with Gasteiger partial charge < -0.3 is 11.1 Å². The summed E-state index contributed by atoms with van der Waals surface area (Å²) < 4.78 is 0. The molecular weight excluding hydrogens is 292 g/mol. The molecular formula is C14H23ClN4S. The molecule has 0 aliphatic carbocycles. The number of likely N-dealkylation sites (N-methyl/N-ethyl adjacent to an activating group) is 1. The number of hydrogen-bond donors (Lipinski definition) is 2. The summed E-state index contributed by atoms with van der Waals surface area (Å²) in [5, 5.41) is 4.26. The topological polar surface area (TPSA) is 54.2 Å². The lowest BCUT2D eigenvalue weighted by Crippen LogP contribution is -2.48. The first-order chi connectivity index (χ1) is 9.63. The minimum atomic E-state index is 0.180. The maximum absolute atomic E-state index is 6.11. The standard InChI is InChI=1S/C14H23ClN4S/c1-3-4-17-13(12-9-20-6-5-19(12)2)11-7-10(15)8-18-14(11)16/h7-8,12-13,17H,3-6,9H2,1-2H3,(H2,16,18). The van der Waals surface area contributed by atoms with Gasteiger partial charge in [-0.1, -0.05) is 18.5 Å². The second-order valence-electron chi connectivity index (χ2n) is 5.18. The molecule has 0 amide bonds. The van der Waals surface area contributed by atoms with E-state index in [0.717, 1.165) is 30.8 Å². The number of hydrogen-bond acceptors (Lipinski definition) is 5. The summed E-state index contributed by atoms with van der Waals surface area (Å²) in [6.07, 6.45) is 2.70. The Morgan fingerprint density at radius 3 is 3.15 bits per heavy atom. The molecule has 4 nitrogen and oxygen atoms in total. The van der Waals surface area contributed by atoms with Gasteiger partial charge >= 0.3 is 0 Å². The number of nitrogen functional groups attached to an aromatic ring is 1. The lowest BCUT2D eigenvalue weighted by Gasteiger charge is -2.38. The van der Waals surface area contributed by atoms with Crippen molar-refractivity contribution in [1.82, 2.24) is 15.2 Å². The Bertz CT molecular complexity index is 443. The molecule has 0 radical (unpaired) electrons. The first-order valence-electron chi connectivity index (χ1n) is 7.05. The largest absolute Gasteiger partial charge is 0.383 e. The number of thioether (sulfide) groups is 1. The lowest BCUT2D eigenvalue weighted by molar-refractivity contribution is 0.216. The van der Waals surface area contributed by atoms with Crippen LogP contribution in [-0.2, 0) is 0 Å². The molecule has 0 spiro atoms. The lowest BCUT2D eigenvalue weighted by atomic mass is 9.99. The van der Waals surface area contributed by atoms with Crippen molar-refractivity contribution in [2.75, 3.05) is 37.4 Å². The van der Waals surface area contributed by atoms with Gasteiger partial charge in [0.25, 0.3) is 0 Å². The molecule has 0 saturated carbocycles. The summed E-state index contributed by atoms with van der Waals surface area (Å²) in [5.41, 5.74) is 7.10. The van der Waals surface area contributed by atoms with E-state index in [9.17, 15) is 0 Å². The minimum absolute atomic E-state index is 0.180. The highest BCUT2D eigenvalue weighted by Gasteiger charge is 2.30. The van der Waals surface area contributed by atoms with E-state index < -0.39 is 0 Å². The molecule has 112 valence electrons. The van der Waals surface area contributed by atoms with Gasteiger partial charge in [-0.15, -0.1) is 0 Å². The third-order valence-corrected chi connectivity index (χ3v) is 4.95. The Kier molecular flexibility index (Phi) is 5.96. The number of nitrogens with zero attached hydrogens (tertiary/aromatic N) is 2. The monoisotopic (exact) mass is 314 g/mol. The predicted octanol–water partition coefficient (Wildman–Crippen LogP) is 2.41. The van der Waals surface area contributed by atoms with Gasteiger partial charge in [0.15, 0.2) is 0 Å². The van der Waals surface area contributed by atoms with E-state index in [-0.39, 0.29) is 6.04 Å². The number of rotatable bonds is 5. The molecule has 1 aromatic heterocycles. The van der Waals surface area contributed by atoms with Crippen LogP contribution in [0.4, 0.5) is 5.82 Å². The average Bonchev–Trinajstić information content (AvgIpc) is 2.44. The van der Waals surface area contributed by atoms with Gasteiger partial charge in [-0.05, 0) is 26.1 Å². The molecule has 1 fully saturated rings. The Morgan fingerprint density at radius 1 is 1.65 bits per heavy atom. The average molecular weight is 315 g/mol. The number of anilines is 1. The van der Waals surface area contributed by atoms with Crippen LogP contribution in [-0.4, -0.2) is 47.6 Å². The molecule has 2 unspecified atom stereocenters. The van der Waals surface area contributed by atoms with E-state index in [4.69, 9.17) is 17.3 Å². The molecule has 2 atom stereocenters. The summed E-state index contributed by atoms with van der Waals surface area (Å²) in [7, 11) is 2.18. The zero-order valence-electron chi connectivity index (χ0n) is 12.1. The summed E-state index contributed by atoms with van der Waals surface area (Å²) in [6, 6.07) is 2.55. The van der Waals surface area contributed by atoms with Gasteiger partial charge in [-0.25, -0.2) is 4.98 Å². The minimum Gasteiger partial charge on any atom is -0.383 e. The van der Waals surface area contributed by atoms with Crippen LogP contribution in [0.2, 0.25) is 5.02 Å². The van der Waals surface area contributed by atoms with Crippen molar-refractivity contribution in [3.05, 3.63) is 22.8 Å². The summed E-state index contributed by atoms with van der Waals surface area (Å²) >= 11 is 8.10. The predicted molar refractivity (Wildman–Crippen MR) is 88.4 cm³/mol. The van der Waals surface area contributed by atoms with Crippen LogP contribution >= 0.6 is 23.4 Å². The van der Waals surface area contributed by atoms with E-state index in [0.29, 0.717) is 16.9 Å². The van der Waals surface area contributed by atoms with E-state index in [1.165, 1.54) is 5.75 Å². The van der Waals surface area contributed by atoms with E-state index in [2.05, 4.69) is 29.2 Å². The normalized spacial score (nSPS) is 21.9. The molecule has 3 N–H and O–H groups in total. The number of aromatic nitrogens is 1. The van der Waals surface area contributed by atoms with E-state index in [1.54, 1.807) is 6.20 Å². The van der Waals surface area contributed by atoms with Crippen molar-refractivity contribution in [2.45, 2.75) is 25.4 Å². The smallest absolute Gasteiger partial charge is 0.128 e. The van der Waals surface area contributed by atoms with Crippen LogP contribution in [0.25, 0.3) is 0 Å². The second kappa shape index (κ2) is 7.50. The molecule has 6 heteroatoms. The van der Waals surface area contributed by atoms with Crippen LogP contribution < -0.4 is 11.1 Å². The first kappa shape index (κ1) is 15.9. The Labute approximate surface area is 130 Å². The van der Waals surface area contributed by atoms with Gasteiger partial charge in [0, 0.05) is 35.9 Å². The fraction of sp³-hybridized carbons (Fsp3) is 0.643. The number of nitrogens with two attached hydrogens (primary N) is 1. The number of halogens is 1. The van der Waals surface area contributed by atoms with Gasteiger partial charge in [-0.3, -0.25) is 4.90 Å². The zero-order valence-corrected chi connectivity index (χ0v) is 13.7. The molecule has 1 aliphatic rings. The number of nitrogens with one attached hydrogen (secondary N) is 1. The quantitative estimate of drug-likeness (QED) is 0.874. The second-order valence-corrected chi connectivity index (χ2v) is 6.77. The molecule has 1 aliphatic heterocycles. The van der Waals surface area contributed by atoms with Crippen molar-refractivity contribution in [3.8, 4) is 0 Å². The molecule has 0 bridgehead atoms. The van der Waals surface area contributed by atoms with Crippen LogP contribution in [0, 0.1) is 0 Å². The van der Waals surface area contributed by atoms with Crippen molar-refractivity contribution < 1.29 is 0 Å². The van der Waals surface area contributed by atoms with Crippen LogP contribution in [0.1, 0.15) is 24.9 Å². The maximum Gasteiger partial charge on any atom is 0.128 e. The summed E-state index contributed by atoms with van der Waals surface area (Å²) in [5.74, 6) is 2.87. The fourth-order valence-electron chi connectivity index (χ4n) is 2.52. The van der Waals surface area contributed by atoms with Gasteiger partial charge in [0.2, 0.25) is 0 Å². The maximum atomic E-state index is 6.11. The van der Waals surface area contributed by atoms with Crippen LogP contribution in [0.3, 0.4) is 0 Å². The molecule has 1 saturated heterocycles. The van der Waals surface area contributed by atoms with E-state index in [1.807, 2.05) is 17.8 Å². The third kappa shape index (κ3) is 3.79. The van der Waals surface area contributed by atoms with Gasteiger partial charge in [0.05, 0.1) is 11.1 Å². The number of pyridine rings is 1. The Balaban J connectivity index is 2.28.